The molecule has 2 aromatic heterocycles. The molecule has 1 aliphatic rings. The molecule has 38 heavy (non-hydrogen) atoms. The molecule has 2 aromatic carbocycles. The molecule has 1 unspecified atom stereocenters. The van der Waals surface area contributed by atoms with Crippen LogP contribution in [0.1, 0.15) is 81.3 Å². The molecule has 2 heterocycles. The van der Waals surface area contributed by atoms with Crippen LogP contribution in [0.25, 0.3) is 16.8 Å². The van der Waals surface area contributed by atoms with Gasteiger partial charge >= 0.3 is 5.97 Å². The molecule has 3 N–H and O–H groups in total. The van der Waals surface area contributed by atoms with Crippen molar-refractivity contribution in [3.8, 4) is 11.3 Å². The molecule has 198 valence electrons. The zero-order valence-electron chi connectivity index (χ0n) is 21.8. The van der Waals surface area contributed by atoms with Crippen LogP contribution in [0.4, 0.5) is 14.6 Å². The predicted octanol–water partition coefficient (Wildman–Crippen LogP) is 6.99. The third-order valence-corrected chi connectivity index (χ3v) is 8.44. The van der Waals surface area contributed by atoms with E-state index in [1.165, 1.54) is 6.07 Å². The van der Waals surface area contributed by atoms with Gasteiger partial charge in [-0.1, -0.05) is 56.3 Å². The number of nitrogen functional groups attached to an aromatic ring is 1. The van der Waals surface area contributed by atoms with E-state index >= 15 is 0 Å². The molecule has 5 rings (SSSR count). The van der Waals surface area contributed by atoms with Gasteiger partial charge < -0.3 is 10.8 Å². The van der Waals surface area contributed by atoms with Crippen molar-refractivity contribution in [2.24, 2.45) is 5.41 Å². The largest absolute Gasteiger partial charge is 0.481 e. The quantitative estimate of drug-likeness (QED) is 0.287. The van der Waals surface area contributed by atoms with Gasteiger partial charge in [-0.25, -0.2) is 18.7 Å². The number of anilines is 1. The summed E-state index contributed by atoms with van der Waals surface area (Å²) in [7, 11) is 0. The second-order valence-electron chi connectivity index (χ2n) is 11.1. The van der Waals surface area contributed by atoms with Crippen molar-refractivity contribution in [2.75, 3.05) is 5.73 Å². The average molecular weight is 519 g/mol. The van der Waals surface area contributed by atoms with E-state index in [9.17, 15) is 18.7 Å². The van der Waals surface area contributed by atoms with Crippen molar-refractivity contribution in [1.82, 2.24) is 14.4 Å². The van der Waals surface area contributed by atoms with Gasteiger partial charge in [0.15, 0.2) is 0 Å². The Morgan fingerprint density at radius 2 is 1.68 bits per heavy atom. The Hall–Kier alpha value is -3.81. The number of carbonyl (C=O) groups is 1. The number of benzene rings is 2. The highest BCUT2D eigenvalue weighted by Crippen LogP contribution is 2.47. The van der Waals surface area contributed by atoms with Gasteiger partial charge in [0.05, 0.1) is 5.41 Å². The van der Waals surface area contributed by atoms with E-state index < -0.39 is 17.8 Å². The van der Waals surface area contributed by atoms with E-state index in [1.807, 2.05) is 54.8 Å². The number of aliphatic carboxylic acids is 1. The summed E-state index contributed by atoms with van der Waals surface area (Å²) < 4.78 is 28.4. The summed E-state index contributed by atoms with van der Waals surface area (Å²) in [6.07, 6.45) is 3.56. The molecular formula is C30H32F2N4O2. The van der Waals surface area contributed by atoms with Crippen molar-refractivity contribution in [2.45, 2.75) is 64.2 Å². The molecule has 1 fully saturated rings. The Labute approximate surface area is 220 Å². The molecule has 0 radical (unpaired) electrons. The summed E-state index contributed by atoms with van der Waals surface area (Å²) in [4.78, 5) is 21.2. The van der Waals surface area contributed by atoms with E-state index in [2.05, 4.69) is 11.9 Å². The second-order valence-corrected chi connectivity index (χ2v) is 11.1. The fraction of sp³-hybridized carbons (Fsp3) is 0.367. The number of halogens is 2. The Morgan fingerprint density at radius 3 is 2.32 bits per heavy atom. The van der Waals surface area contributed by atoms with E-state index in [0.29, 0.717) is 31.5 Å². The number of aromatic nitrogens is 3. The molecule has 0 amide bonds. The lowest BCUT2D eigenvalue weighted by Gasteiger charge is -2.40. The number of hydrogen-bond acceptors (Lipinski definition) is 4. The van der Waals surface area contributed by atoms with Crippen LogP contribution >= 0.6 is 0 Å². The van der Waals surface area contributed by atoms with Crippen LogP contribution in [0.3, 0.4) is 0 Å². The molecule has 0 saturated heterocycles. The monoisotopic (exact) mass is 518 g/mol. The molecular weight excluding hydrogens is 486 g/mol. The maximum Gasteiger partial charge on any atom is 0.309 e. The number of imidazole rings is 1. The van der Waals surface area contributed by atoms with E-state index in [4.69, 9.17) is 10.7 Å². The maximum absolute atomic E-state index is 13.2. The predicted molar refractivity (Wildman–Crippen MR) is 143 cm³/mol. The lowest BCUT2D eigenvalue weighted by Crippen LogP contribution is -2.39. The Morgan fingerprint density at radius 1 is 1.03 bits per heavy atom. The first-order valence-electron chi connectivity index (χ1n) is 12.9. The highest BCUT2D eigenvalue weighted by molar-refractivity contribution is 5.85. The zero-order chi connectivity index (χ0) is 27.2. The third-order valence-electron chi connectivity index (χ3n) is 8.44. The molecule has 1 saturated carbocycles. The zero-order valence-corrected chi connectivity index (χ0v) is 21.8. The topological polar surface area (TPSA) is 93.5 Å². The second kappa shape index (κ2) is 9.49. The van der Waals surface area contributed by atoms with Gasteiger partial charge in [0.25, 0.3) is 6.43 Å². The summed E-state index contributed by atoms with van der Waals surface area (Å²) in [6.45, 7) is 5.96. The number of fused-ring (bicyclic) bond motifs is 1. The first kappa shape index (κ1) is 25.8. The van der Waals surface area contributed by atoms with Gasteiger partial charge in [-0.05, 0) is 49.8 Å². The standard InChI is InChI=1S/C30H32F2N4O2/c1-18(21-5-4-6-22(17-21)25(31)32)19-7-9-20(10-8-19)23-24-26(33)34-15-16-36(24)27(35-23)29(2)11-13-30(3,14-12-29)28(37)38/h4-10,15-18,25H,11-14H2,1-3H3,(H2,33,34)(H,37,38). The van der Waals surface area contributed by atoms with Gasteiger partial charge in [0, 0.05) is 34.9 Å². The Balaban J connectivity index is 1.50. The van der Waals surface area contributed by atoms with Gasteiger partial charge in [0.2, 0.25) is 0 Å². The molecule has 0 aliphatic heterocycles. The fourth-order valence-corrected chi connectivity index (χ4v) is 5.57. The van der Waals surface area contributed by atoms with Crippen LogP contribution in [0.2, 0.25) is 0 Å². The van der Waals surface area contributed by atoms with Crippen molar-refractivity contribution in [3.05, 3.63) is 83.4 Å². The minimum absolute atomic E-state index is 0.0193. The number of nitrogens with two attached hydrogens (primary N) is 1. The average Bonchev–Trinajstić information content (AvgIpc) is 3.32. The molecule has 1 atom stereocenters. The molecule has 0 bridgehead atoms. The number of alkyl halides is 2. The highest BCUT2D eigenvalue weighted by atomic mass is 19.3. The van der Waals surface area contributed by atoms with Crippen LogP contribution < -0.4 is 5.73 Å². The number of carboxylic acids is 1. The van der Waals surface area contributed by atoms with Gasteiger partial charge in [-0.15, -0.1) is 0 Å². The summed E-state index contributed by atoms with van der Waals surface area (Å²) >= 11 is 0. The number of carboxylic acid groups (broad SMARTS) is 1. The van der Waals surface area contributed by atoms with Gasteiger partial charge in [-0.3, -0.25) is 9.20 Å². The van der Waals surface area contributed by atoms with Crippen LogP contribution in [0.5, 0.6) is 0 Å². The van der Waals surface area contributed by atoms with E-state index in [0.717, 1.165) is 33.7 Å². The van der Waals surface area contributed by atoms with Crippen molar-refractivity contribution in [3.63, 3.8) is 0 Å². The lowest BCUT2D eigenvalue weighted by atomic mass is 9.65. The summed E-state index contributed by atoms with van der Waals surface area (Å²) in [5.41, 5.74) is 9.48. The third kappa shape index (κ3) is 4.42. The Bertz CT molecular complexity index is 1490. The minimum atomic E-state index is -2.50. The number of nitrogens with zero attached hydrogens (tertiary/aromatic N) is 3. The van der Waals surface area contributed by atoms with Crippen molar-refractivity contribution >= 4 is 17.3 Å². The van der Waals surface area contributed by atoms with E-state index in [1.54, 1.807) is 18.3 Å². The van der Waals surface area contributed by atoms with Crippen molar-refractivity contribution in [1.29, 1.82) is 0 Å². The molecule has 8 heteroatoms. The fourth-order valence-electron chi connectivity index (χ4n) is 5.57. The van der Waals surface area contributed by atoms with Crippen LogP contribution in [0, 0.1) is 5.41 Å². The van der Waals surface area contributed by atoms with Crippen LogP contribution in [-0.2, 0) is 10.2 Å². The van der Waals surface area contributed by atoms with Crippen LogP contribution in [0.15, 0.2) is 60.9 Å². The Kier molecular flexibility index (Phi) is 6.45. The highest BCUT2D eigenvalue weighted by Gasteiger charge is 2.45. The summed E-state index contributed by atoms with van der Waals surface area (Å²) in [6, 6.07) is 14.5. The number of hydrogen-bond donors (Lipinski definition) is 2. The molecule has 4 aromatic rings. The molecule has 1 aliphatic carbocycles. The molecule has 0 spiro atoms. The number of rotatable bonds is 6. The van der Waals surface area contributed by atoms with Crippen molar-refractivity contribution < 1.29 is 18.7 Å². The smallest absolute Gasteiger partial charge is 0.309 e. The summed E-state index contributed by atoms with van der Waals surface area (Å²) in [5, 5.41) is 9.69. The minimum Gasteiger partial charge on any atom is -0.481 e. The summed E-state index contributed by atoms with van der Waals surface area (Å²) in [5.74, 6) is 0.410. The van der Waals surface area contributed by atoms with Gasteiger partial charge in [-0.2, -0.15) is 0 Å². The van der Waals surface area contributed by atoms with Crippen LogP contribution in [-0.4, -0.2) is 25.4 Å². The SMILES string of the molecule is CC(c1ccc(-c2nc(C3(C)CCC(C)(C(=O)O)CC3)n3ccnc(N)c23)cc1)c1cccc(C(F)F)c1. The lowest BCUT2D eigenvalue weighted by molar-refractivity contribution is -0.150. The molecule has 6 nitrogen and oxygen atoms in total. The maximum atomic E-state index is 13.2. The first-order chi connectivity index (χ1) is 18.0. The first-order valence-corrected chi connectivity index (χ1v) is 12.9. The van der Waals surface area contributed by atoms with Gasteiger partial charge in [0.1, 0.15) is 22.9 Å². The normalized spacial score (nSPS) is 22.6. The van der Waals surface area contributed by atoms with E-state index in [-0.39, 0.29) is 16.9 Å².